The highest BCUT2D eigenvalue weighted by atomic mass is 32.1. The van der Waals surface area contributed by atoms with Gasteiger partial charge in [0, 0.05) is 11.1 Å². The average Bonchev–Trinajstić information content (AvgIpc) is 2.94. The van der Waals surface area contributed by atoms with E-state index in [2.05, 4.69) is 20.0 Å². The van der Waals surface area contributed by atoms with E-state index in [0.717, 1.165) is 17.0 Å². The van der Waals surface area contributed by atoms with E-state index < -0.39 is 5.97 Å². The summed E-state index contributed by atoms with van der Waals surface area (Å²) in [7, 11) is 1.32. The highest BCUT2D eigenvalue weighted by Gasteiger charge is 2.10. The Morgan fingerprint density at radius 2 is 2.47 bits per heavy atom. The average molecular weight is 271 g/mol. The number of hydrogen-bond donors (Lipinski definition) is 2. The molecule has 0 saturated heterocycles. The molecular weight excluding hydrogens is 262 g/mol. The summed E-state index contributed by atoms with van der Waals surface area (Å²) in [4.78, 5) is 29.1. The van der Waals surface area contributed by atoms with Crippen LogP contribution in [0.15, 0.2) is 16.4 Å². The van der Waals surface area contributed by atoms with Crippen molar-refractivity contribution in [3.8, 4) is 0 Å². The van der Waals surface area contributed by atoms with Gasteiger partial charge in [-0.25, -0.2) is 9.78 Å². The van der Waals surface area contributed by atoms with Crippen LogP contribution in [0.1, 0.15) is 15.4 Å². The Hall–Kier alpha value is -1.67. The molecule has 2 N–H and O–H groups in total. The molecule has 2 aromatic rings. The number of hydrogen-bond acceptors (Lipinski definition) is 7. The monoisotopic (exact) mass is 271 g/mol. The third-order valence-corrected chi connectivity index (χ3v) is 3.55. The van der Waals surface area contributed by atoms with E-state index in [-0.39, 0.29) is 4.87 Å². The van der Waals surface area contributed by atoms with Crippen molar-refractivity contribution in [2.45, 2.75) is 6.54 Å². The number of H-pyrrole nitrogens is 1. The number of aromatic amines is 1. The maximum atomic E-state index is 11.2. The molecule has 0 aliphatic carbocycles. The first-order valence-electron chi connectivity index (χ1n) is 4.63. The van der Waals surface area contributed by atoms with Crippen LogP contribution in [0.4, 0.5) is 5.13 Å². The molecule has 0 aromatic carbocycles. The molecule has 0 unspecified atom stereocenters. The molecule has 2 aromatic heterocycles. The molecule has 0 fully saturated rings. The fourth-order valence-electron chi connectivity index (χ4n) is 1.12. The number of carbonyl (C=O) groups excluding carboxylic acids is 1. The summed E-state index contributed by atoms with van der Waals surface area (Å²) in [6.07, 6.45) is 1.45. The second-order valence-electron chi connectivity index (χ2n) is 3.05. The summed E-state index contributed by atoms with van der Waals surface area (Å²) in [6.45, 7) is 0.465. The third-order valence-electron chi connectivity index (χ3n) is 1.89. The minimum absolute atomic E-state index is 0.0869. The lowest BCUT2D eigenvalue weighted by Gasteiger charge is -1.98. The van der Waals surface area contributed by atoms with E-state index in [1.165, 1.54) is 24.6 Å². The Morgan fingerprint density at radius 3 is 3.12 bits per heavy atom. The number of rotatable bonds is 4. The summed E-state index contributed by atoms with van der Waals surface area (Å²) >= 11 is 2.32. The van der Waals surface area contributed by atoms with Gasteiger partial charge in [-0.05, 0) is 0 Å². The summed E-state index contributed by atoms with van der Waals surface area (Å²) in [5, 5.41) is 5.36. The Bertz CT molecular complexity index is 572. The van der Waals surface area contributed by atoms with Gasteiger partial charge in [0.15, 0.2) is 5.13 Å². The molecule has 6 nitrogen and oxygen atoms in total. The molecule has 0 radical (unpaired) electrons. The molecule has 0 aliphatic heterocycles. The van der Waals surface area contributed by atoms with Crippen molar-refractivity contribution < 1.29 is 9.53 Å². The second-order valence-corrected chi connectivity index (χ2v) is 4.92. The zero-order valence-electron chi connectivity index (χ0n) is 8.85. The number of methoxy groups -OCH3 is 1. The van der Waals surface area contributed by atoms with Gasteiger partial charge in [0.25, 0.3) is 0 Å². The maximum Gasteiger partial charge on any atom is 0.349 e. The van der Waals surface area contributed by atoms with Crippen molar-refractivity contribution in [1.82, 2.24) is 9.97 Å². The number of esters is 1. The quantitative estimate of drug-likeness (QED) is 0.819. The van der Waals surface area contributed by atoms with E-state index in [1.807, 2.05) is 0 Å². The van der Waals surface area contributed by atoms with Crippen LogP contribution in [0.5, 0.6) is 0 Å². The van der Waals surface area contributed by atoms with Crippen molar-refractivity contribution in [3.05, 3.63) is 31.8 Å². The van der Waals surface area contributed by atoms with Gasteiger partial charge in [0.05, 0.1) is 19.9 Å². The van der Waals surface area contributed by atoms with E-state index in [0.29, 0.717) is 16.6 Å². The van der Waals surface area contributed by atoms with E-state index in [4.69, 9.17) is 0 Å². The lowest BCUT2D eigenvalue weighted by atomic mass is 10.5. The zero-order chi connectivity index (χ0) is 12.3. The van der Waals surface area contributed by atoms with Gasteiger partial charge in [-0.3, -0.25) is 4.79 Å². The van der Waals surface area contributed by atoms with Gasteiger partial charge in [0.2, 0.25) is 0 Å². The summed E-state index contributed by atoms with van der Waals surface area (Å²) in [5.41, 5.74) is 0.787. The summed E-state index contributed by atoms with van der Waals surface area (Å²) in [6, 6.07) is 0. The van der Waals surface area contributed by atoms with Crippen LogP contribution in [-0.2, 0) is 11.3 Å². The normalized spacial score (nSPS) is 10.2. The second kappa shape index (κ2) is 5.11. The lowest BCUT2D eigenvalue weighted by molar-refractivity contribution is 0.0606. The predicted octanol–water partition coefficient (Wildman–Crippen LogP) is 1.29. The topological polar surface area (TPSA) is 84.1 Å². The zero-order valence-corrected chi connectivity index (χ0v) is 10.5. The molecule has 0 aliphatic rings. The van der Waals surface area contributed by atoms with Crippen molar-refractivity contribution in [2.75, 3.05) is 12.4 Å². The van der Waals surface area contributed by atoms with Gasteiger partial charge in [-0.15, -0.1) is 0 Å². The molecular formula is C9H9N3O3S2. The van der Waals surface area contributed by atoms with E-state index in [9.17, 15) is 9.59 Å². The summed E-state index contributed by atoms with van der Waals surface area (Å²) < 4.78 is 4.57. The number of ether oxygens (including phenoxy) is 1. The molecule has 0 bridgehead atoms. The van der Waals surface area contributed by atoms with Gasteiger partial charge in [-0.1, -0.05) is 22.7 Å². The smallest absolute Gasteiger partial charge is 0.349 e. The molecule has 0 spiro atoms. The fourth-order valence-corrected chi connectivity index (χ4v) is 2.43. The van der Waals surface area contributed by atoms with Crippen LogP contribution in [0.25, 0.3) is 0 Å². The lowest BCUT2D eigenvalue weighted by Crippen LogP contribution is -2.02. The number of aromatic nitrogens is 2. The van der Waals surface area contributed by atoms with Crippen molar-refractivity contribution in [1.29, 1.82) is 0 Å². The predicted molar refractivity (Wildman–Crippen MR) is 65.7 cm³/mol. The van der Waals surface area contributed by atoms with Crippen molar-refractivity contribution in [2.24, 2.45) is 0 Å². The molecule has 0 amide bonds. The highest BCUT2D eigenvalue weighted by molar-refractivity contribution is 7.17. The van der Waals surface area contributed by atoms with Crippen LogP contribution in [0, 0.1) is 0 Å². The molecule has 90 valence electrons. The van der Waals surface area contributed by atoms with Crippen molar-refractivity contribution in [3.63, 3.8) is 0 Å². The maximum absolute atomic E-state index is 11.2. The van der Waals surface area contributed by atoms with E-state index >= 15 is 0 Å². The van der Waals surface area contributed by atoms with Crippen LogP contribution in [0.2, 0.25) is 0 Å². The Kier molecular flexibility index (Phi) is 3.55. The van der Waals surface area contributed by atoms with Gasteiger partial charge in [-0.2, -0.15) is 0 Å². The Balaban J connectivity index is 1.97. The standard InChI is InChI=1S/C9H9N3O3S2/c1-15-7(13)6-3-11-8(17-6)10-2-5-4-16-9(14)12-5/h3-4H,2H2,1H3,(H,10,11)(H,12,14). The first kappa shape index (κ1) is 11.8. The first-order chi connectivity index (χ1) is 8.19. The molecule has 2 heterocycles. The molecule has 0 saturated carbocycles. The highest BCUT2D eigenvalue weighted by Crippen LogP contribution is 2.19. The molecule has 2 rings (SSSR count). The van der Waals surface area contributed by atoms with Crippen LogP contribution < -0.4 is 10.2 Å². The molecule has 17 heavy (non-hydrogen) atoms. The third kappa shape index (κ3) is 2.92. The largest absolute Gasteiger partial charge is 0.465 e. The Morgan fingerprint density at radius 1 is 1.65 bits per heavy atom. The van der Waals surface area contributed by atoms with Crippen LogP contribution in [0.3, 0.4) is 0 Å². The first-order valence-corrected chi connectivity index (χ1v) is 6.33. The molecule has 8 heteroatoms. The fraction of sp³-hybridized carbons (Fsp3) is 0.222. The van der Waals surface area contributed by atoms with Crippen LogP contribution in [-0.4, -0.2) is 23.0 Å². The minimum Gasteiger partial charge on any atom is -0.465 e. The number of thiazole rings is 2. The van der Waals surface area contributed by atoms with Gasteiger partial charge in [0.1, 0.15) is 4.88 Å². The number of carbonyl (C=O) groups is 1. The Labute approximate surface area is 104 Å². The van der Waals surface area contributed by atoms with E-state index in [1.54, 1.807) is 5.38 Å². The SMILES string of the molecule is COC(=O)c1cnc(NCc2csc(=O)[nH]2)s1. The number of nitrogens with zero attached hydrogens (tertiary/aromatic N) is 1. The minimum atomic E-state index is -0.403. The number of nitrogens with one attached hydrogen (secondary N) is 2. The molecule has 0 atom stereocenters. The van der Waals surface area contributed by atoms with Crippen molar-refractivity contribution >= 4 is 33.8 Å². The number of anilines is 1. The summed E-state index contributed by atoms with van der Waals surface area (Å²) in [5.74, 6) is -0.403. The van der Waals surface area contributed by atoms with Crippen LogP contribution >= 0.6 is 22.7 Å². The van der Waals surface area contributed by atoms with Gasteiger partial charge < -0.3 is 15.0 Å². The van der Waals surface area contributed by atoms with Gasteiger partial charge >= 0.3 is 10.8 Å².